The third kappa shape index (κ3) is 4.12. The molecule has 1 aromatic heterocycles. The van der Waals surface area contributed by atoms with Crippen molar-refractivity contribution in [3.63, 3.8) is 0 Å². The average Bonchev–Trinajstić information content (AvgIpc) is 2.69. The van der Waals surface area contributed by atoms with Gasteiger partial charge in [0, 0.05) is 17.4 Å². The summed E-state index contributed by atoms with van der Waals surface area (Å²) in [6, 6.07) is 12.8. The number of amides is 2. The summed E-state index contributed by atoms with van der Waals surface area (Å²) < 4.78 is 39.9. The van der Waals surface area contributed by atoms with Gasteiger partial charge in [-0.3, -0.25) is 14.6 Å². The number of halogens is 3. The highest BCUT2D eigenvalue weighted by atomic mass is 19.2. The molecule has 1 heterocycles. The Kier molecular flexibility index (Phi) is 5.16. The molecule has 2 N–H and O–H groups in total. The number of pyridine rings is 1. The molecule has 0 saturated carbocycles. The van der Waals surface area contributed by atoms with Crippen LogP contribution in [0.1, 0.15) is 20.8 Å². The first-order valence-electron chi connectivity index (χ1n) is 7.73. The van der Waals surface area contributed by atoms with E-state index in [2.05, 4.69) is 15.6 Å². The molecule has 0 aliphatic carbocycles. The Bertz CT molecular complexity index is 1010. The molecule has 0 aliphatic heterocycles. The van der Waals surface area contributed by atoms with Crippen molar-refractivity contribution in [2.24, 2.45) is 0 Å². The predicted octanol–water partition coefficient (Wildman–Crippen LogP) is 4.00. The number of benzene rings is 2. The number of hydrogen-bond donors (Lipinski definition) is 2. The van der Waals surface area contributed by atoms with Crippen molar-refractivity contribution < 1.29 is 22.8 Å². The van der Waals surface area contributed by atoms with Crippen LogP contribution in [0.2, 0.25) is 0 Å². The van der Waals surface area contributed by atoms with Gasteiger partial charge < -0.3 is 10.6 Å². The van der Waals surface area contributed by atoms with Crippen molar-refractivity contribution in [2.45, 2.75) is 0 Å². The van der Waals surface area contributed by atoms with Crippen LogP contribution in [0, 0.1) is 17.5 Å². The van der Waals surface area contributed by atoms with E-state index in [1.807, 2.05) is 0 Å². The summed E-state index contributed by atoms with van der Waals surface area (Å²) in [5, 5.41) is 4.74. The lowest BCUT2D eigenvalue weighted by atomic mass is 10.2. The number of carbonyl (C=O) groups excluding carboxylic acids is 2. The maximum atomic E-state index is 13.7. The Morgan fingerprint density at radius 2 is 1.56 bits per heavy atom. The monoisotopic (exact) mass is 371 g/mol. The fourth-order valence-corrected chi connectivity index (χ4v) is 2.23. The lowest BCUT2D eigenvalue weighted by Gasteiger charge is -2.08. The van der Waals surface area contributed by atoms with Gasteiger partial charge in [-0.15, -0.1) is 0 Å². The van der Waals surface area contributed by atoms with Crippen molar-refractivity contribution in [1.29, 1.82) is 0 Å². The van der Waals surface area contributed by atoms with Crippen molar-refractivity contribution in [3.05, 3.63) is 89.5 Å². The quantitative estimate of drug-likeness (QED) is 0.681. The summed E-state index contributed by atoms with van der Waals surface area (Å²) >= 11 is 0. The second-order valence-corrected chi connectivity index (χ2v) is 5.43. The molecule has 0 fully saturated rings. The lowest BCUT2D eigenvalue weighted by molar-refractivity contribution is 0.102. The molecule has 5 nitrogen and oxygen atoms in total. The number of para-hydroxylation sites is 1. The first-order valence-corrected chi connectivity index (χ1v) is 7.73. The van der Waals surface area contributed by atoms with E-state index in [1.54, 1.807) is 30.3 Å². The molecule has 3 aromatic rings. The van der Waals surface area contributed by atoms with Crippen LogP contribution in [0.3, 0.4) is 0 Å². The zero-order valence-corrected chi connectivity index (χ0v) is 13.7. The van der Waals surface area contributed by atoms with Gasteiger partial charge >= 0.3 is 0 Å². The van der Waals surface area contributed by atoms with Crippen LogP contribution < -0.4 is 10.6 Å². The molecule has 8 heteroatoms. The van der Waals surface area contributed by atoms with E-state index in [0.29, 0.717) is 11.8 Å². The van der Waals surface area contributed by atoms with Gasteiger partial charge in [-0.1, -0.05) is 18.2 Å². The van der Waals surface area contributed by atoms with Gasteiger partial charge in [0.05, 0.1) is 5.69 Å². The maximum Gasteiger partial charge on any atom is 0.274 e. The van der Waals surface area contributed by atoms with Crippen molar-refractivity contribution >= 4 is 23.2 Å². The van der Waals surface area contributed by atoms with Crippen LogP contribution in [0.5, 0.6) is 0 Å². The zero-order chi connectivity index (χ0) is 19.4. The summed E-state index contributed by atoms with van der Waals surface area (Å²) in [5.41, 5.74) is -0.0291. The van der Waals surface area contributed by atoms with Crippen LogP contribution in [0.25, 0.3) is 0 Å². The third-order valence-electron chi connectivity index (χ3n) is 3.57. The van der Waals surface area contributed by atoms with E-state index in [-0.39, 0.29) is 11.3 Å². The number of nitrogens with one attached hydrogen (secondary N) is 2. The number of hydrogen-bond acceptors (Lipinski definition) is 3. The predicted molar refractivity (Wildman–Crippen MR) is 92.9 cm³/mol. The van der Waals surface area contributed by atoms with Gasteiger partial charge in [0.2, 0.25) is 0 Å². The van der Waals surface area contributed by atoms with Crippen molar-refractivity contribution in [3.8, 4) is 0 Å². The normalized spacial score (nSPS) is 10.3. The fourth-order valence-electron chi connectivity index (χ4n) is 2.23. The molecule has 136 valence electrons. The van der Waals surface area contributed by atoms with Crippen molar-refractivity contribution in [1.82, 2.24) is 4.98 Å². The highest BCUT2D eigenvalue weighted by molar-refractivity contribution is 6.07. The van der Waals surface area contributed by atoms with Gasteiger partial charge in [0.25, 0.3) is 11.8 Å². The molecule has 3 rings (SSSR count). The molecule has 27 heavy (non-hydrogen) atoms. The molecule has 0 aliphatic rings. The van der Waals surface area contributed by atoms with Crippen LogP contribution in [-0.2, 0) is 0 Å². The summed E-state index contributed by atoms with van der Waals surface area (Å²) in [6.45, 7) is 0. The van der Waals surface area contributed by atoms with Crippen molar-refractivity contribution in [2.75, 3.05) is 10.6 Å². The third-order valence-corrected chi connectivity index (χ3v) is 3.57. The molecular formula is C19H12F3N3O2. The molecule has 0 radical (unpaired) electrons. The highest BCUT2D eigenvalue weighted by Gasteiger charge is 2.17. The molecule has 2 amide bonds. The second kappa shape index (κ2) is 7.69. The number of nitrogens with zero attached hydrogens (tertiary/aromatic N) is 1. The Morgan fingerprint density at radius 1 is 0.815 bits per heavy atom. The fraction of sp³-hybridized carbons (Fsp3) is 0. The Morgan fingerprint density at radius 3 is 2.30 bits per heavy atom. The molecule has 2 aromatic carbocycles. The van der Waals surface area contributed by atoms with Crippen LogP contribution in [0.15, 0.2) is 60.8 Å². The molecule has 0 saturated heterocycles. The summed E-state index contributed by atoms with van der Waals surface area (Å²) in [4.78, 5) is 28.3. The van der Waals surface area contributed by atoms with Crippen LogP contribution in [0.4, 0.5) is 24.5 Å². The minimum absolute atomic E-state index is 0.143. The van der Waals surface area contributed by atoms with E-state index in [4.69, 9.17) is 0 Å². The van der Waals surface area contributed by atoms with E-state index in [0.717, 1.165) is 6.07 Å². The van der Waals surface area contributed by atoms with E-state index in [9.17, 15) is 22.8 Å². The average molecular weight is 371 g/mol. The smallest absolute Gasteiger partial charge is 0.274 e. The minimum Gasteiger partial charge on any atom is -0.322 e. The number of rotatable bonds is 4. The van der Waals surface area contributed by atoms with Crippen LogP contribution >= 0.6 is 0 Å². The summed E-state index contributed by atoms with van der Waals surface area (Å²) in [6.07, 6.45) is 1.23. The van der Waals surface area contributed by atoms with Gasteiger partial charge in [-0.05, 0) is 36.4 Å². The summed E-state index contributed by atoms with van der Waals surface area (Å²) in [7, 11) is 0. The minimum atomic E-state index is -1.70. The lowest BCUT2D eigenvalue weighted by Crippen LogP contribution is -2.17. The van der Waals surface area contributed by atoms with E-state index in [1.165, 1.54) is 18.3 Å². The standard InChI is InChI=1S/C19H12F3N3O2/c20-13-6-7-14(17(22)16(13)21)25-19(27)15-10-11(8-9-23-15)18(26)24-12-4-2-1-3-5-12/h1-10H,(H,24,26)(H,25,27). The number of carbonyl (C=O) groups is 2. The number of aromatic nitrogens is 1. The SMILES string of the molecule is O=C(Nc1ccccc1)c1ccnc(C(=O)Nc2ccc(F)c(F)c2F)c1. The Hall–Kier alpha value is -3.68. The molecule has 0 spiro atoms. The first-order chi connectivity index (χ1) is 13.0. The second-order valence-electron chi connectivity index (χ2n) is 5.43. The molecular weight excluding hydrogens is 359 g/mol. The van der Waals surface area contributed by atoms with Crippen LogP contribution in [-0.4, -0.2) is 16.8 Å². The topological polar surface area (TPSA) is 71.1 Å². The first kappa shape index (κ1) is 18.1. The molecule has 0 bridgehead atoms. The van der Waals surface area contributed by atoms with Gasteiger partial charge in [-0.25, -0.2) is 13.2 Å². The van der Waals surface area contributed by atoms with Gasteiger partial charge in [0.15, 0.2) is 17.5 Å². The maximum absolute atomic E-state index is 13.7. The molecule has 0 atom stereocenters. The van der Waals surface area contributed by atoms with Gasteiger partial charge in [-0.2, -0.15) is 0 Å². The van der Waals surface area contributed by atoms with E-state index < -0.39 is 35.0 Å². The summed E-state index contributed by atoms with van der Waals surface area (Å²) in [5.74, 6) is -5.95. The highest BCUT2D eigenvalue weighted by Crippen LogP contribution is 2.20. The number of anilines is 2. The van der Waals surface area contributed by atoms with E-state index >= 15 is 0 Å². The molecule has 0 unspecified atom stereocenters. The largest absolute Gasteiger partial charge is 0.322 e. The Labute approximate surface area is 151 Å². The zero-order valence-electron chi connectivity index (χ0n) is 13.7. The Balaban J connectivity index is 1.78. The van der Waals surface area contributed by atoms with Gasteiger partial charge in [0.1, 0.15) is 5.69 Å².